The Morgan fingerprint density at radius 2 is 1.78 bits per heavy atom. The molecule has 10 heteroatoms. The molecule has 0 atom stereocenters. The van der Waals surface area contributed by atoms with Gasteiger partial charge in [-0.25, -0.2) is 14.6 Å². The normalized spacial score (nSPS) is 17.1. The Bertz CT molecular complexity index is 1240. The lowest BCUT2D eigenvalue weighted by atomic mass is 9.98. The van der Waals surface area contributed by atoms with Gasteiger partial charge in [-0.05, 0) is 29.7 Å². The highest BCUT2D eigenvalue weighted by molar-refractivity contribution is 7.13. The van der Waals surface area contributed by atoms with Crippen molar-refractivity contribution in [3.05, 3.63) is 55.1 Å². The van der Waals surface area contributed by atoms with E-state index in [9.17, 15) is 4.79 Å². The van der Waals surface area contributed by atoms with E-state index in [4.69, 9.17) is 0 Å². The summed E-state index contributed by atoms with van der Waals surface area (Å²) in [4.78, 5) is 28.1. The number of carbonyl (C=O) groups excluding carboxylic acids is 1. The Hall–Kier alpha value is -3.53. The van der Waals surface area contributed by atoms with Gasteiger partial charge in [0.15, 0.2) is 5.82 Å². The molecular weight excluding hydrogens is 424 g/mol. The summed E-state index contributed by atoms with van der Waals surface area (Å²) in [5.41, 5.74) is 0. The molecule has 2 aliphatic rings. The molecule has 2 saturated heterocycles. The summed E-state index contributed by atoms with van der Waals surface area (Å²) < 4.78 is 7.57. The molecule has 0 saturated carbocycles. The van der Waals surface area contributed by atoms with Crippen LogP contribution in [0, 0.1) is 5.92 Å². The van der Waals surface area contributed by atoms with E-state index in [-0.39, 0.29) is 11.8 Å². The predicted octanol–water partition coefficient (Wildman–Crippen LogP) is 2.06. The van der Waals surface area contributed by atoms with Crippen LogP contribution in [-0.4, -0.2) is 74.2 Å². The topological polar surface area (TPSA) is 83.3 Å². The molecule has 2 aliphatic heterocycles. The van der Waals surface area contributed by atoms with Crippen molar-refractivity contribution in [1.29, 1.82) is 0 Å². The number of benzene rings is 1. The standard InChI is InChI=1S/C22H22N8OS/c31-22(16-13-29(14-16)19-12-20(24-15-23-19)30-7-3-6-25-30)28-10-8-27(9-11-28)21-17-4-1-2-5-18(17)32-26-21/h1-7,12,15-16H,8-11,13-14H2. The van der Waals surface area contributed by atoms with Crippen molar-refractivity contribution in [3.63, 3.8) is 0 Å². The van der Waals surface area contributed by atoms with Gasteiger partial charge < -0.3 is 14.7 Å². The molecule has 0 radical (unpaired) electrons. The number of fused-ring (bicyclic) bond motifs is 1. The van der Waals surface area contributed by atoms with Crippen LogP contribution in [0.4, 0.5) is 11.6 Å². The van der Waals surface area contributed by atoms with Crippen molar-refractivity contribution in [2.24, 2.45) is 5.92 Å². The SMILES string of the molecule is O=C(C1CN(c2cc(-n3cccn3)ncn2)C1)N1CCN(c2nsc3ccccc23)CC1. The summed E-state index contributed by atoms with van der Waals surface area (Å²) in [7, 11) is 0. The van der Waals surface area contributed by atoms with E-state index in [0.717, 1.165) is 43.6 Å². The van der Waals surface area contributed by atoms with Crippen LogP contribution in [-0.2, 0) is 4.79 Å². The molecule has 162 valence electrons. The van der Waals surface area contributed by atoms with Gasteiger partial charge in [-0.1, -0.05) is 12.1 Å². The first-order valence-corrected chi connectivity index (χ1v) is 11.5. The van der Waals surface area contributed by atoms with Crippen molar-refractivity contribution >= 4 is 39.2 Å². The van der Waals surface area contributed by atoms with Crippen molar-refractivity contribution in [2.45, 2.75) is 0 Å². The molecule has 0 N–H and O–H groups in total. The van der Waals surface area contributed by atoms with E-state index in [1.54, 1.807) is 17.2 Å². The maximum atomic E-state index is 13.0. The molecule has 3 aromatic heterocycles. The largest absolute Gasteiger partial charge is 0.355 e. The summed E-state index contributed by atoms with van der Waals surface area (Å²) in [6.07, 6.45) is 5.11. The molecule has 0 aliphatic carbocycles. The third-order valence-electron chi connectivity index (χ3n) is 6.18. The summed E-state index contributed by atoms with van der Waals surface area (Å²) in [5, 5.41) is 5.42. The maximum Gasteiger partial charge on any atom is 0.229 e. The number of carbonyl (C=O) groups is 1. The van der Waals surface area contributed by atoms with Gasteiger partial charge in [0.1, 0.15) is 18.0 Å². The molecule has 1 aromatic carbocycles. The zero-order valence-corrected chi connectivity index (χ0v) is 18.2. The van der Waals surface area contributed by atoms with Gasteiger partial charge in [-0.15, -0.1) is 0 Å². The Morgan fingerprint density at radius 3 is 2.59 bits per heavy atom. The highest BCUT2D eigenvalue weighted by Crippen LogP contribution is 2.30. The molecular formula is C22H22N8OS. The number of nitrogens with zero attached hydrogens (tertiary/aromatic N) is 8. The van der Waals surface area contributed by atoms with Crippen LogP contribution < -0.4 is 9.80 Å². The van der Waals surface area contributed by atoms with Crippen LogP contribution in [0.15, 0.2) is 55.1 Å². The minimum Gasteiger partial charge on any atom is -0.355 e. The minimum atomic E-state index is 0.0183. The summed E-state index contributed by atoms with van der Waals surface area (Å²) in [5.74, 6) is 2.86. The molecule has 0 bridgehead atoms. The molecule has 0 spiro atoms. The molecule has 5 heterocycles. The van der Waals surface area contributed by atoms with Gasteiger partial charge in [0.25, 0.3) is 0 Å². The van der Waals surface area contributed by atoms with Gasteiger partial charge in [-0.2, -0.15) is 9.47 Å². The number of hydrogen-bond donors (Lipinski definition) is 0. The molecule has 4 aromatic rings. The van der Waals surface area contributed by atoms with E-state index >= 15 is 0 Å². The van der Waals surface area contributed by atoms with Gasteiger partial charge in [-0.3, -0.25) is 4.79 Å². The maximum absolute atomic E-state index is 13.0. The fourth-order valence-electron chi connectivity index (χ4n) is 4.36. The van der Waals surface area contributed by atoms with Gasteiger partial charge >= 0.3 is 0 Å². The average Bonchev–Trinajstić information content (AvgIpc) is 3.49. The molecule has 6 rings (SSSR count). The van der Waals surface area contributed by atoms with Gasteiger partial charge in [0, 0.05) is 63.1 Å². The second-order valence-corrected chi connectivity index (χ2v) is 8.91. The molecule has 9 nitrogen and oxygen atoms in total. The molecule has 2 fully saturated rings. The highest BCUT2D eigenvalue weighted by atomic mass is 32.1. The number of aromatic nitrogens is 5. The second kappa shape index (κ2) is 7.86. The second-order valence-electron chi connectivity index (χ2n) is 8.10. The summed E-state index contributed by atoms with van der Waals surface area (Å²) in [6, 6.07) is 12.1. The minimum absolute atomic E-state index is 0.0183. The van der Waals surface area contributed by atoms with Gasteiger partial charge in [0.05, 0.1) is 10.6 Å². The van der Waals surface area contributed by atoms with Crippen LogP contribution in [0.2, 0.25) is 0 Å². The Morgan fingerprint density at radius 1 is 0.969 bits per heavy atom. The van der Waals surface area contributed by atoms with Gasteiger partial charge in [0.2, 0.25) is 5.91 Å². The molecule has 1 amide bonds. The number of amides is 1. The summed E-state index contributed by atoms with van der Waals surface area (Å²) in [6.45, 7) is 4.47. The van der Waals surface area contributed by atoms with Crippen LogP contribution in [0.3, 0.4) is 0 Å². The lowest BCUT2D eigenvalue weighted by molar-refractivity contribution is -0.136. The van der Waals surface area contributed by atoms with Crippen LogP contribution in [0.25, 0.3) is 15.9 Å². The Labute approximate surface area is 189 Å². The number of anilines is 2. The highest BCUT2D eigenvalue weighted by Gasteiger charge is 2.37. The van der Waals surface area contributed by atoms with E-state index in [0.29, 0.717) is 13.1 Å². The number of piperazine rings is 1. The van der Waals surface area contributed by atoms with Crippen LogP contribution >= 0.6 is 11.5 Å². The number of rotatable bonds is 4. The number of hydrogen-bond acceptors (Lipinski definition) is 8. The van der Waals surface area contributed by atoms with Crippen molar-refractivity contribution in [1.82, 2.24) is 29.0 Å². The van der Waals surface area contributed by atoms with Crippen LogP contribution in [0.5, 0.6) is 0 Å². The smallest absolute Gasteiger partial charge is 0.229 e. The van der Waals surface area contributed by atoms with Crippen molar-refractivity contribution < 1.29 is 4.79 Å². The first-order valence-electron chi connectivity index (χ1n) is 10.7. The Kier molecular flexibility index (Phi) is 4.71. The van der Waals surface area contributed by atoms with Crippen molar-refractivity contribution in [3.8, 4) is 5.82 Å². The molecule has 0 unspecified atom stereocenters. The van der Waals surface area contributed by atoms with Crippen molar-refractivity contribution in [2.75, 3.05) is 49.1 Å². The lowest BCUT2D eigenvalue weighted by Gasteiger charge is -2.43. The summed E-state index contributed by atoms with van der Waals surface area (Å²) >= 11 is 1.54. The first kappa shape index (κ1) is 19.2. The average molecular weight is 447 g/mol. The quantitative estimate of drug-likeness (QED) is 0.474. The van der Waals surface area contributed by atoms with E-state index in [1.807, 2.05) is 29.3 Å². The van der Waals surface area contributed by atoms with E-state index < -0.39 is 0 Å². The third kappa shape index (κ3) is 3.36. The monoisotopic (exact) mass is 446 g/mol. The molecule has 32 heavy (non-hydrogen) atoms. The van der Waals surface area contributed by atoms with Crippen LogP contribution in [0.1, 0.15) is 0 Å². The predicted molar refractivity (Wildman–Crippen MR) is 123 cm³/mol. The lowest BCUT2D eigenvalue weighted by Crippen LogP contribution is -2.58. The van der Waals surface area contributed by atoms with E-state index in [1.165, 1.54) is 21.6 Å². The fraction of sp³-hybridized carbons (Fsp3) is 0.318. The fourth-order valence-corrected chi connectivity index (χ4v) is 5.15. The zero-order chi connectivity index (χ0) is 21.5. The third-order valence-corrected chi connectivity index (χ3v) is 7.00. The first-order chi connectivity index (χ1) is 15.8. The Balaban J connectivity index is 1.06. The van der Waals surface area contributed by atoms with E-state index in [2.05, 4.69) is 47.4 Å². The zero-order valence-electron chi connectivity index (χ0n) is 17.4.